The highest BCUT2D eigenvalue weighted by atomic mass is 16.5. The van der Waals surface area contributed by atoms with Crippen LogP contribution in [-0.2, 0) is 6.54 Å². The van der Waals surface area contributed by atoms with Crippen LogP contribution >= 0.6 is 0 Å². The van der Waals surface area contributed by atoms with E-state index in [9.17, 15) is 0 Å². The van der Waals surface area contributed by atoms with E-state index in [1.54, 1.807) is 6.20 Å². The molecule has 3 nitrogen and oxygen atoms in total. The van der Waals surface area contributed by atoms with E-state index in [4.69, 9.17) is 4.74 Å². The fraction of sp³-hybridized carbons (Fsp3) is 0.643. The van der Waals surface area contributed by atoms with E-state index in [2.05, 4.69) is 38.0 Å². The molecule has 1 atom stereocenters. The molecule has 1 aromatic rings. The first-order valence-electron chi connectivity index (χ1n) is 6.45. The van der Waals surface area contributed by atoms with Crippen LogP contribution in [0.5, 0.6) is 5.75 Å². The van der Waals surface area contributed by atoms with Gasteiger partial charge in [0.2, 0.25) is 0 Å². The van der Waals surface area contributed by atoms with Crippen molar-refractivity contribution in [3.05, 3.63) is 24.0 Å². The highest BCUT2D eigenvalue weighted by Gasteiger charge is 2.11. The molecule has 1 unspecified atom stereocenters. The number of nitrogens with one attached hydrogen (secondary N) is 1. The zero-order valence-electron chi connectivity index (χ0n) is 11.4. The van der Waals surface area contributed by atoms with E-state index in [0.717, 1.165) is 30.8 Å². The molecule has 0 radical (unpaired) electrons. The fourth-order valence-corrected chi connectivity index (χ4v) is 1.40. The van der Waals surface area contributed by atoms with Crippen molar-refractivity contribution in [1.82, 2.24) is 10.3 Å². The highest BCUT2D eigenvalue weighted by Crippen LogP contribution is 2.20. The van der Waals surface area contributed by atoms with Crippen LogP contribution < -0.4 is 10.1 Å². The third-order valence-corrected chi connectivity index (χ3v) is 2.85. The van der Waals surface area contributed by atoms with Gasteiger partial charge in [0.05, 0.1) is 6.10 Å². The number of ether oxygens (including phenoxy) is 1. The van der Waals surface area contributed by atoms with Crippen molar-refractivity contribution in [1.29, 1.82) is 0 Å². The zero-order chi connectivity index (χ0) is 12.7. The number of pyridine rings is 1. The summed E-state index contributed by atoms with van der Waals surface area (Å²) in [5.41, 5.74) is 1.13. The Morgan fingerprint density at radius 1 is 1.35 bits per heavy atom. The molecule has 96 valence electrons. The monoisotopic (exact) mass is 236 g/mol. The minimum absolute atomic E-state index is 0.224. The van der Waals surface area contributed by atoms with Gasteiger partial charge >= 0.3 is 0 Å². The molecule has 0 bridgehead atoms. The SMILES string of the molecule is CCCNCc1cnccc1OC(C)C(C)C. The van der Waals surface area contributed by atoms with Crippen molar-refractivity contribution >= 4 is 0 Å². The Bertz CT molecular complexity index is 326. The molecular formula is C14H24N2O. The van der Waals surface area contributed by atoms with E-state index < -0.39 is 0 Å². The van der Waals surface area contributed by atoms with E-state index in [1.807, 2.05) is 12.3 Å². The van der Waals surface area contributed by atoms with Crippen molar-refractivity contribution in [2.75, 3.05) is 6.54 Å². The summed E-state index contributed by atoms with van der Waals surface area (Å²) in [5, 5.41) is 3.37. The van der Waals surface area contributed by atoms with E-state index in [1.165, 1.54) is 0 Å². The summed E-state index contributed by atoms with van der Waals surface area (Å²) in [6.45, 7) is 10.4. The Hall–Kier alpha value is -1.09. The third-order valence-electron chi connectivity index (χ3n) is 2.85. The minimum Gasteiger partial charge on any atom is -0.490 e. The first kappa shape index (κ1) is 14.0. The Kier molecular flexibility index (Phi) is 5.98. The lowest BCUT2D eigenvalue weighted by Crippen LogP contribution is -2.21. The predicted octanol–water partition coefficient (Wildman–Crippen LogP) is 3.00. The first-order valence-corrected chi connectivity index (χ1v) is 6.45. The number of rotatable bonds is 7. The molecule has 0 aliphatic carbocycles. The third kappa shape index (κ3) is 4.73. The van der Waals surface area contributed by atoms with Gasteiger partial charge in [-0.25, -0.2) is 0 Å². The summed E-state index contributed by atoms with van der Waals surface area (Å²) in [6, 6.07) is 1.95. The first-order chi connectivity index (χ1) is 8.15. The molecular weight excluding hydrogens is 212 g/mol. The summed E-state index contributed by atoms with van der Waals surface area (Å²) in [5.74, 6) is 1.46. The van der Waals surface area contributed by atoms with Crippen LogP contribution in [0.4, 0.5) is 0 Å². The number of hydrogen-bond acceptors (Lipinski definition) is 3. The maximum atomic E-state index is 5.96. The molecule has 1 aromatic heterocycles. The number of hydrogen-bond donors (Lipinski definition) is 1. The molecule has 0 spiro atoms. The lowest BCUT2D eigenvalue weighted by molar-refractivity contribution is 0.168. The minimum atomic E-state index is 0.224. The normalized spacial score (nSPS) is 12.8. The van der Waals surface area contributed by atoms with Crippen LogP contribution in [0.3, 0.4) is 0 Å². The van der Waals surface area contributed by atoms with Crippen LogP contribution in [-0.4, -0.2) is 17.6 Å². The lowest BCUT2D eigenvalue weighted by Gasteiger charge is -2.20. The van der Waals surface area contributed by atoms with Gasteiger partial charge in [0.25, 0.3) is 0 Å². The molecule has 0 fully saturated rings. The molecule has 1 heterocycles. The standard InChI is InChI=1S/C14H24N2O/c1-5-7-15-9-13-10-16-8-6-14(13)17-12(4)11(2)3/h6,8,10-12,15H,5,7,9H2,1-4H3. The maximum absolute atomic E-state index is 5.96. The molecule has 3 heteroatoms. The summed E-state index contributed by atoms with van der Waals surface area (Å²) < 4.78 is 5.96. The highest BCUT2D eigenvalue weighted by molar-refractivity contribution is 5.30. The van der Waals surface area contributed by atoms with E-state index in [-0.39, 0.29) is 6.10 Å². The van der Waals surface area contributed by atoms with E-state index >= 15 is 0 Å². The molecule has 0 saturated heterocycles. The van der Waals surface area contributed by atoms with Crippen molar-refractivity contribution in [3.8, 4) is 5.75 Å². The van der Waals surface area contributed by atoms with Gasteiger partial charge in [0, 0.05) is 24.5 Å². The topological polar surface area (TPSA) is 34.2 Å². The van der Waals surface area contributed by atoms with Crippen LogP contribution in [0.2, 0.25) is 0 Å². The number of nitrogens with zero attached hydrogens (tertiary/aromatic N) is 1. The van der Waals surface area contributed by atoms with Crippen molar-refractivity contribution < 1.29 is 4.74 Å². The van der Waals surface area contributed by atoms with Gasteiger partial charge in [-0.15, -0.1) is 0 Å². The molecule has 0 aliphatic heterocycles. The largest absolute Gasteiger partial charge is 0.490 e. The molecule has 0 amide bonds. The second kappa shape index (κ2) is 7.28. The predicted molar refractivity (Wildman–Crippen MR) is 71.2 cm³/mol. The molecule has 0 aliphatic rings. The number of aromatic nitrogens is 1. The van der Waals surface area contributed by atoms with Crippen molar-refractivity contribution in [2.45, 2.75) is 46.8 Å². The van der Waals surface area contributed by atoms with Crippen molar-refractivity contribution in [3.63, 3.8) is 0 Å². The van der Waals surface area contributed by atoms with Crippen LogP contribution in [0.25, 0.3) is 0 Å². The Balaban J connectivity index is 2.63. The Morgan fingerprint density at radius 2 is 2.12 bits per heavy atom. The van der Waals surface area contributed by atoms with Gasteiger partial charge in [-0.05, 0) is 31.9 Å². The van der Waals surface area contributed by atoms with Crippen LogP contribution in [0.1, 0.15) is 39.7 Å². The van der Waals surface area contributed by atoms with Crippen LogP contribution in [0, 0.1) is 5.92 Å². The maximum Gasteiger partial charge on any atom is 0.127 e. The lowest BCUT2D eigenvalue weighted by atomic mass is 10.1. The Morgan fingerprint density at radius 3 is 2.76 bits per heavy atom. The zero-order valence-corrected chi connectivity index (χ0v) is 11.4. The molecule has 17 heavy (non-hydrogen) atoms. The molecule has 1 rings (SSSR count). The fourth-order valence-electron chi connectivity index (χ4n) is 1.40. The van der Waals surface area contributed by atoms with Crippen molar-refractivity contribution in [2.24, 2.45) is 5.92 Å². The van der Waals surface area contributed by atoms with Gasteiger partial charge in [-0.3, -0.25) is 4.98 Å². The van der Waals surface area contributed by atoms with Gasteiger partial charge in [0.15, 0.2) is 0 Å². The van der Waals surface area contributed by atoms with Gasteiger partial charge < -0.3 is 10.1 Å². The smallest absolute Gasteiger partial charge is 0.127 e. The average molecular weight is 236 g/mol. The summed E-state index contributed by atoms with van der Waals surface area (Å²) in [7, 11) is 0. The van der Waals surface area contributed by atoms with Gasteiger partial charge in [0.1, 0.15) is 5.75 Å². The second-order valence-electron chi connectivity index (χ2n) is 4.73. The van der Waals surface area contributed by atoms with Gasteiger partial charge in [-0.2, -0.15) is 0 Å². The Labute approximate surface area is 105 Å². The van der Waals surface area contributed by atoms with E-state index in [0.29, 0.717) is 5.92 Å². The average Bonchev–Trinajstić information content (AvgIpc) is 2.31. The van der Waals surface area contributed by atoms with Gasteiger partial charge in [-0.1, -0.05) is 20.8 Å². The summed E-state index contributed by atoms with van der Waals surface area (Å²) in [6.07, 6.45) is 5.03. The second-order valence-corrected chi connectivity index (χ2v) is 4.73. The molecule has 0 saturated carbocycles. The summed E-state index contributed by atoms with van der Waals surface area (Å²) in [4.78, 5) is 4.16. The quantitative estimate of drug-likeness (QED) is 0.739. The summed E-state index contributed by atoms with van der Waals surface area (Å²) >= 11 is 0. The molecule has 1 N–H and O–H groups in total. The van der Waals surface area contributed by atoms with Crippen LogP contribution in [0.15, 0.2) is 18.5 Å². The molecule has 0 aromatic carbocycles.